The molecule has 0 saturated carbocycles. The van der Waals surface area contributed by atoms with Gasteiger partial charge in [0.25, 0.3) is 11.7 Å². The fourth-order valence-electron chi connectivity index (χ4n) is 3.83. The van der Waals surface area contributed by atoms with Gasteiger partial charge in [-0.05, 0) is 37.9 Å². The van der Waals surface area contributed by atoms with Crippen LogP contribution in [0, 0.1) is 0 Å². The Hall–Kier alpha value is -3.43. The molecule has 1 fully saturated rings. The molecule has 2 N–H and O–H groups in total. The highest BCUT2D eigenvalue weighted by Gasteiger charge is 2.46. The SMILES string of the molecule is COc1ccc(C2/C(=C(\O)c3cc(OC)c(Cl)cc3OC)C(=O)C(=O)N2CCN(C)C)cc1O. The van der Waals surface area contributed by atoms with Crippen LogP contribution in [0.15, 0.2) is 35.9 Å². The first kappa shape index (κ1) is 25.2. The van der Waals surface area contributed by atoms with Crippen LogP contribution < -0.4 is 14.2 Å². The molecule has 10 heteroatoms. The van der Waals surface area contributed by atoms with Crippen LogP contribution in [0.1, 0.15) is 17.2 Å². The molecule has 0 radical (unpaired) electrons. The van der Waals surface area contributed by atoms with Gasteiger partial charge in [-0.15, -0.1) is 0 Å². The number of nitrogens with zero attached hydrogens (tertiary/aromatic N) is 2. The molecule has 0 aromatic heterocycles. The highest BCUT2D eigenvalue weighted by molar-refractivity contribution is 6.46. The van der Waals surface area contributed by atoms with E-state index < -0.39 is 23.5 Å². The number of aromatic hydroxyl groups is 1. The lowest BCUT2D eigenvalue weighted by atomic mass is 9.94. The monoisotopic (exact) mass is 490 g/mol. The van der Waals surface area contributed by atoms with Gasteiger partial charge in [-0.25, -0.2) is 0 Å². The van der Waals surface area contributed by atoms with Gasteiger partial charge in [0, 0.05) is 19.2 Å². The lowest BCUT2D eigenvalue weighted by Gasteiger charge is -2.27. The number of carbonyl (C=O) groups is 2. The molecule has 1 aliphatic heterocycles. The summed E-state index contributed by atoms with van der Waals surface area (Å²) >= 11 is 6.18. The minimum atomic E-state index is -0.955. The van der Waals surface area contributed by atoms with E-state index in [1.54, 1.807) is 6.07 Å². The molecule has 9 nitrogen and oxygen atoms in total. The number of hydrogen-bond donors (Lipinski definition) is 2. The molecule has 1 aliphatic rings. The number of Topliss-reactive ketones (excluding diaryl/α,β-unsaturated/α-hetero) is 1. The standard InChI is InChI=1S/C24H27ClN2O7/c1-26(2)8-9-27-21(13-6-7-17(32-3)16(28)10-13)20(23(30)24(27)31)22(29)14-11-19(34-5)15(25)12-18(14)33-4/h6-7,10-12,21,28-29H,8-9H2,1-5H3/b22-20+. The summed E-state index contributed by atoms with van der Waals surface area (Å²) in [7, 11) is 7.91. The molecule has 1 atom stereocenters. The summed E-state index contributed by atoms with van der Waals surface area (Å²) in [5.41, 5.74) is 0.422. The number of rotatable bonds is 8. The quantitative estimate of drug-likeness (QED) is 0.330. The molecule has 0 aliphatic carbocycles. The van der Waals surface area contributed by atoms with Crippen LogP contribution >= 0.6 is 11.6 Å². The van der Waals surface area contributed by atoms with Crippen LogP contribution in [0.2, 0.25) is 5.02 Å². The van der Waals surface area contributed by atoms with E-state index in [9.17, 15) is 19.8 Å². The summed E-state index contributed by atoms with van der Waals surface area (Å²) in [6, 6.07) is 6.50. The van der Waals surface area contributed by atoms with Crippen molar-refractivity contribution in [1.82, 2.24) is 9.80 Å². The van der Waals surface area contributed by atoms with Crippen LogP contribution in [-0.4, -0.2) is 80.2 Å². The molecule has 34 heavy (non-hydrogen) atoms. The molecule has 2 aromatic rings. The second-order valence-electron chi connectivity index (χ2n) is 7.91. The van der Waals surface area contributed by atoms with E-state index in [4.69, 9.17) is 25.8 Å². The van der Waals surface area contributed by atoms with E-state index in [2.05, 4.69) is 0 Å². The largest absolute Gasteiger partial charge is 0.507 e. The molecule has 182 valence electrons. The van der Waals surface area contributed by atoms with E-state index in [1.807, 2.05) is 19.0 Å². The molecule has 1 heterocycles. The Kier molecular flexibility index (Phi) is 7.58. The zero-order valence-corrected chi connectivity index (χ0v) is 20.3. The number of phenols is 1. The molecule has 1 saturated heterocycles. The maximum atomic E-state index is 13.2. The van der Waals surface area contributed by atoms with Crippen LogP contribution in [0.5, 0.6) is 23.0 Å². The van der Waals surface area contributed by atoms with Crippen molar-refractivity contribution in [3.8, 4) is 23.0 Å². The second-order valence-corrected chi connectivity index (χ2v) is 8.32. The third-order valence-electron chi connectivity index (χ3n) is 5.58. The Balaban J connectivity index is 2.26. The fourth-order valence-corrected chi connectivity index (χ4v) is 4.06. The second kappa shape index (κ2) is 10.2. The molecule has 1 amide bonds. The van der Waals surface area contributed by atoms with Crippen molar-refractivity contribution >= 4 is 29.1 Å². The van der Waals surface area contributed by atoms with Gasteiger partial charge in [0.05, 0.1) is 43.5 Å². The lowest BCUT2D eigenvalue weighted by Crippen LogP contribution is -2.35. The number of ether oxygens (including phenoxy) is 3. The summed E-state index contributed by atoms with van der Waals surface area (Å²) in [4.78, 5) is 29.5. The number of hydrogen-bond acceptors (Lipinski definition) is 8. The minimum Gasteiger partial charge on any atom is -0.507 e. The summed E-state index contributed by atoms with van der Waals surface area (Å²) in [5.74, 6) is -1.54. The van der Waals surface area contributed by atoms with Gasteiger partial charge in [-0.2, -0.15) is 0 Å². The first-order chi connectivity index (χ1) is 16.1. The number of benzene rings is 2. The van der Waals surface area contributed by atoms with Gasteiger partial charge in [-0.3, -0.25) is 9.59 Å². The Morgan fingerprint density at radius 2 is 1.68 bits per heavy atom. The third kappa shape index (κ3) is 4.62. The summed E-state index contributed by atoms with van der Waals surface area (Å²) < 4.78 is 15.7. The number of amides is 1. The van der Waals surface area contributed by atoms with Crippen molar-refractivity contribution in [3.63, 3.8) is 0 Å². The first-order valence-corrected chi connectivity index (χ1v) is 10.7. The van der Waals surface area contributed by atoms with Crippen molar-refractivity contribution < 1.29 is 34.0 Å². The van der Waals surface area contributed by atoms with Crippen LogP contribution in [0.3, 0.4) is 0 Å². The molecular formula is C24H27ClN2O7. The summed E-state index contributed by atoms with van der Waals surface area (Å²) in [6.45, 7) is 0.691. The molecule has 3 rings (SSSR count). The zero-order chi connectivity index (χ0) is 25.2. The maximum absolute atomic E-state index is 13.2. The average Bonchev–Trinajstić information content (AvgIpc) is 3.06. The number of phenolic OH excluding ortho intramolecular Hbond substituents is 1. The molecule has 0 spiro atoms. The predicted molar refractivity (Wildman–Crippen MR) is 127 cm³/mol. The number of aliphatic hydroxyl groups excluding tert-OH is 1. The maximum Gasteiger partial charge on any atom is 0.295 e. The first-order valence-electron chi connectivity index (χ1n) is 10.4. The molecule has 0 bridgehead atoms. The average molecular weight is 491 g/mol. The van der Waals surface area contributed by atoms with Crippen molar-refractivity contribution in [2.24, 2.45) is 0 Å². The van der Waals surface area contributed by atoms with Gasteiger partial charge in [0.15, 0.2) is 11.5 Å². The van der Waals surface area contributed by atoms with Crippen LogP contribution in [0.25, 0.3) is 5.76 Å². The third-order valence-corrected chi connectivity index (χ3v) is 5.87. The Morgan fingerprint density at radius 3 is 2.24 bits per heavy atom. The van der Waals surface area contributed by atoms with Crippen LogP contribution in [-0.2, 0) is 9.59 Å². The van der Waals surface area contributed by atoms with E-state index in [-0.39, 0.29) is 45.7 Å². The van der Waals surface area contributed by atoms with E-state index in [0.717, 1.165) is 0 Å². The number of methoxy groups -OCH3 is 3. The molecule has 2 aromatic carbocycles. The highest BCUT2D eigenvalue weighted by Crippen LogP contribution is 2.44. The summed E-state index contributed by atoms with van der Waals surface area (Å²) in [5, 5.41) is 21.9. The van der Waals surface area contributed by atoms with Gasteiger partial charge in [-0.1, -0.05) is 17.7 Å². The van der Waals surface area contributed by atoms with Crippen molar-refractivity contribution in [3.05, 3.63) is 52.1 Å². The number of likely N-dealkylation sites (N-methyl/N-ethyl adjacent to an activating group) is 1. The number of aliphatic hydroxyl groups is 1. The van der Waals surface area contributed by atoms with E-state index >= 15 is 0 Å². The normalized spacial score (nSPS) is 17.4. The lowest BCUT2D eigenvalue weighted by molar-refractivity contribution is -0.140. The van der Waals surface area contributed by atoms with Crippen LogP contribution in [0.4, 0.5) is 0 Å². The Labute approximate surface area is 202 Å². The number of likely N-dealkylation sites (tertiary alicyclic amines) is 1. The summed E-state index contributed by atoms with van der Waals surface area (Å²) in [6.07, 6.45) is 0. The van der Waals surface area contributed by atoms with Gasteiger partial charge in [0.1, 0.15) is 17.3 Å². The molecule has 1 unspecified atom stereocenters. The van der Waals surface area contributed by atoms with E-state index in [1.165, 1.54) is 50.5 Å². The minimum absolute atomic E-state index is 0.136. The number of carbonyl (C=O) groups excluding carboxylic acids is 2. The number of halogens is 1. The molecular weight excluding hydrogens is 464 g/mol. The van der Waals surface area contributed by atoms with Gasteiger partial charge in [0.2, 0.25) is 0 Å². The topological polar surface area (TPSA) is 109 Å². The van der Waals surface area contributed by atoms with E-state index in [0.29, 0.717) is 12.1 Å². The highest BCUT2D eigenvalue weighted by atomic mass is 35.5. The number of ketones is 1. The Bertz CT molecular complexity index is 1150. The fraction of sp³-hybridized carbons (Fsp3) is 0.333. The Morgan fingerprint density at radius 1 is 1.03 bits per heavy atom. The van der Waals surface area contributed by atoms with Gasteiger partial charge >= 0.3 is 0 Å². The van der Waals surface area contributed by atoms with Crippen molar-refractivity contribution in [2.45, 2.75) is 6.04 Å². The van der Waals surface area contributed by atoms with Crippen molar-refractivity contribution in [1.29, 1.82) is 0 Å². The predicted octanol–water partition coefficient (Wildman–Crippen LogP) is 3.05. The zero-order valence-electron chi connectivity index (χ0n) is 19.6. The van der Waals surface area contributed by atoms with Crippen molar-refractivity contribution in [2.75, 3.05) is 48.5 Å². The smallest absolute Gasteiger partial charge is 0.295 e. The van der Waals surface area contributed by atoms with Gasteiger partial charge < -0.3 is 34.2 Å².